The van der Waals surface area contributed by atoms with Crippen LogP contribution in [0.1, 0.15) is 60.1 Å². The Balaban J connectivity index is 2.27. The fourth-order valence-corrected chi connectivity index (χ4v) is 2.34. The van der Waals surface area contributed by atoms with Gasteiger partial charge in [0.1, 0.15) is 0 Å². The third-order valence-electron chi connectivity index (χ3n) is 3.34. The second-order valence-electron chi connectivity index (χ2n) is 4.90. The number of pyridine rings is 1. The lowest BCUT2D eigenvalue weighted by atomic mass is 9.91. The van der Waals surface area contributed by atoms with Gasteiger partial charge in [0.15, 0.2) is 6.29 Å². The van der Waals surface area contributed by atoms with Crippen LogP contribution in [0, 0.1) is 0 Å². The number of rotatable bonds is 3. The first-order valence-corrected chi connectivity index (χ1v) is 6.25. The van der Waals surface area contributed by atoms with Gasteiger partial charge in [-0.1, -0.05) is 13.8 Å². The van der Waals surface area contributed by atoms with Crippen molar-refractivity contribution in [2.24, 2.45) is 0 Å². The summed E-state index contributed by atoms with van der Waals surface area (Å²) < 4.78 is 5.35. The molecule has 17 heavy (non-hydrogen) atoms. The van der Waals surface area contributed by atoms with Gasteiger partial charge in [0.25, 0.3) is 0 Å². The molecule has 92 valence electrons. The van der Waals surface area contributed by atoms with Crippen LogP contribution in [-0.4, -0.2) is 24.5 Å². The summed E-state index contributed by atoms with van der Waals surface area (Å²) in [6, 6.07) is 2.01. The van der Waals surface area contributed by atoms with E-state index in [1.54, 1.807) is 0 Å². The quantitative estimate of drug-likeness (QED) is 0.753. The van der Waals surface area contributed by atoms with Crippen LogP contribution < -0.4 is 0 Å². The summed E-state index contributed by atoms with van der Waals surface area (Å²) >= 11 is 0. The van der Waals surface area contributed by atoms with E-state index in [-0.39, 0.29) is 0 Å². The SMILES string of the molecule is CC(C)c1ncc(C2CCOCC2)cc1C=O. The molecule has 0 aromatic carbocycles. The third-order valence-corrected chi connectivity index (χ3v) is 3.34. The van der Waals surface area contributed by atoms with E-state index in [4.69, 9.17) is 4.74 Å². The predicted octanol–water partition coefficient (Wildman–Crippen LogP) is 2.91. The molecule has 2 heterocycles. The standard InChI is InChI=1S/C14H19NO2/c1-10(2)14-13(9-16)7-12(8-15-14)11-3-5-17-6-4-11/h7-11H,3-6H2,1-2H3. The monoisotopic (exact) mass is 233 g/mol. The first-order chi connectivity index (χ1) is 8.22. The third kappa shape index (κ3) is 2.72. The highest BCUT2D eigenvalue weighted by atomic mass is 16.5. The van der Waals surface area contributed by atoms with Crippen molar-refractivity contribution in [2.75, 3.05) is 13.2 Å². The van der Waals surface area contributed by atoms with E-state index < -0.39 is 0 Å². The normalized spacial score (nSPS) is 17.4. The molecule has 1 aromatic heterocycles. The Labute approximate surface area is 102 Å². The highest BCUT2D eigenvalue weighted by Crippen LogP contribution is 2.28. The highest BCUT2D eigenvalue weighted by Gasteiger charge is 2.18. The topological polar surface area (TPSA) is 39.2 Å². The number of aldehydes is 1. The van der Waals surface area contributed by atoms with E-state index in [0.717, 1.165) is 43.6 Å². The number of hydrogen-bond donors (Lipinski definition) is 0. The van der Waals surface area contributed by atoms with Crippen LogP contribution in [0.15, 0.2) is 12.3 Å². The summed E-state index contributed by atoms with van der Waals surface area (Å²) in [4.78, 5) is 15.6. The van der Waals surface area contributed by atoms with E-state index in [9.17, 15) is 4.79 Å². The molecule has 1 aromatic rings. The molecule has 0 unspecified atom stereocenters. The first-order valence-electron chi connectivity index (χ1n) is 6.25. The molecule has 0 amide bonds. The molecular weight excluding hydrogens is 214 g/mol. The van der Waals surface area contributed by atoms with Gasteiger partial charge in [0, 0.05) is 25.0 Å². The lowest BCUT2D eigenvalue weighted by Crippen LogP contribution is -2.15. The molecule has 3 nitrogen and oxygen atoms in total. The van der Waals surface area contributed by atoms with Gasteiger partial charge in [-0.15, -0.1) is 0 Å². The molecule has 0 saturated carbocycles. The van der Waals surface area contributed by atoms with Crippen molar-refractivity contribution in [1.82, 2.24) is 4.98 Å². The van der Waals surface area contributed by atoms with Crippen molar-refractivity contribution in [1.29, 1.82) is 0 Å². The van der Waals surface area contributed by atoms with Crippen LogP contribution in [-0.2, 0) is 4.74 Å². The minimum atomic E-state index is 0.291. The van der Waals surface area contributed by atoms with Gasteiger partial charge >= 0.3 is 0 Å². The maximum Gasteiger partial charge on any atom is 0.151 e. The number of ether oxygens (including phenoxy) is 1. The summed E-state index contributed by atoms with van der Waals surface area (Å²) in [5.74, 6) is 0.787. The molecule has 0 radical (unpaired) electrons. The van der Waals surface area contributed by atoms with Gasteiger partial charge in [-0.05, 0) is 36.3 Å². The Morgan fingerprint density at radius 2 is 2.12 bits per heavy atom. The molecule has 3 heteroatoms. The van der Waals surface area contributed by atoms with Crippen LogP contribution in [0.4, 0.5) is 0 Å². The zero-order valence-corrected chi connectivity index (χ0v) is 10.5. The first kappa shape index (κ1) is 12.2. The van der Waals surface area contributed by atoms with Crippen molar-refractivity contribution in [3.63, 3.8) is 0 Å². The average Bonchev–Trinajstić information content (AvgIpc) is 2.39. The van der Waals surface area contributed by atoms with E-state index in [0.29, 0.717) is 11.8 Å². The molecule has 1 aliphatic heterocycles. The molecule has 0 atom stereocenters. The lowest BCUT2D eigenvalue weighted by Gasteiger charge is -2.22. The molecule has 0 bridgehead atoms. The Morgan fingerprint density at radius 3 is 2.71 bits per heavy atom. The second-order valence-corrected chi connectivity index (χ2v) is 4.90. The molecule has 1 saturated heterocycles. The van der Waals surface area contributed by atoms with Crippen LogP contribution in [0.2, 0.25) is 0 Å². The van der Waals surface area contributed by atoms with E-state index >= 15 is 0 Å². The highest BCUT2D eigenvalue weighted by molar-refractivity contribution is 5.77. The Bertz CT molecular complexity index is 395. The van der Waals surface area contributed by atoms with Crippen LogP contribution in [0.3, 0.4) is 0 Å². The van der Waals surface area contributed by atoms with Crippen molar-refractivity contribution < 1.29 is 9.53 Å². The molecule has 1 aliphatic rings. The van der Waals surface area contributed by atoms with E-state index in [1.165, 1.54) is 5.56 Å². The minimum Gasteiger partial charge on any atom is -0.381 e. The Kier molecular flexibility index (Phi) is 3.89. The van der Waals surface area contributed by atoms with Gasteiger partial charge < -0.3 is 4.74 Å². The minimum absolute atomic E-state index is 0.291. The van der Waals surface area contributed by atoms with E-state index in [1.807, 2.05) is 12.3 Å². The molecule has 0 N–H and O–H groups in total. The predicted molar refractivity (Wildman–Crippen MR) is 66.5 cm³/mol. The van der Waals surface area contributed by atoms with Crippen LogP contribution >= 0.6 is 0 Å². The van der Waals surface area contributed by atoms with Crippen LogP contribution in [0.25, 0.3) is 0 Å². The van der Waals surface area contributed by atoms with Gasteiger partial charge in [0.05, 0.1) is 5.69 Å². The number of carbonyl (C=O) groups excluding carboxylic acids is 1. The number of hydrogen-bond acceptors (Lipinski definition) is 3. The van der Waals surface area contributed by atoms with Crippen molar-refractivity contribution in [3.05, 3.63) is 29.1 Å². The maximum atomic E-state index is 11.1. The van der Waals surface area contributed by atoms with Crippen molar-refractivity contribution >= 4 is 6.29 Å². The van der Waals surface area contributed by atoms with Gasteiger partial charge in [-0.2, -0.15) is 0 Å². The number of aromatic nitrogens is 1. The number of carbonyl (C=O) groups is 1. The van der Waals surface area contributed by atoms with Crippen LogP contribution in [0.5, 0.6) is 0 Å². The smallest absolute Gasteiger partial charge is 0.151 e. The maximum absolute atomic E-state index is 11.1. The summed E-state index contributed by atoms with van der Waals surface area (Å²) in [5.41, 5.74) is 2.82. The van der Waals surface area contributed by atoms with Gasteiger partial charge in [-0.25, -0.2) is 0 Å². The largest absolute Gasteiger partial charge is 0.381 e. The molecule has 0 aliphatic carbocycles. The van der Waals surface area contributed by atoms with E-state index in [2.05, 4.69) is 18.8 Å². The summed E-state index contributed by atoms with van der Waals surface area (Å²) in [5, 5.41) is 0. The molecule has 0 spiro atoms. The van der Waals surface area contributed by atoms with Gasteiger partial charge in [0.2, 0.25) is 0 Å². The Morgan fingerprint density at radius 1 is 1.41 bits per heavy atom. The Hall–Kier alpha value is -1.22. The summed E-state index contributed by atoms with van der Waals surface area (Å²) in [7, 11) is 0. The summed E-state index contributed by atoms with van der Waals surface area (Å²) in [6.07, 6.45) is 4.91. The fourth-order valence-electron chi connectivity index (χ4n) is 2.34. The molecule has 2 rings (SSSR count). The zero-order chi connectivity index (χ0) is 12.3. The van der Waals surface area contributed by atoms with Gasteiger partial charge in [-0.3, -0.25) is 9.78 Å². The average molecular weight is 233 g/mol. The number of nitrogens with zero attached hydrogens (tertiary/aromatic N) is 1. The van der Waals surface area contributed by atoms with Crippen molar-refractivity contribution in [2.45, 2.75) is 38.5 Å². The zero-order valence-electron chi connectivity index (χ0n) is 10.5. The summed E-state index contributed by atoms with van der Waals surface area (Å²) in [6.45, 7) is 5.74. The second kappa shape index (κ2) is 5.41. The van der Waals surface area contributed by atoms with Crippen molar-refractivity contribution in [3.8, 4) is 0 Å². The fraction of sp³-hybridized carbons (Fsp3) is 0.571. The lowest BCUT2D eigenvalue weighted by molar-refractivity contribution is 0.0852. The molecular formula is C14H19NO2. The molecule has 1 fully saturated rings.